The number of carbonyl (C=O) groups excluding carboxylic acids is 1. The van der Waals surface area contributed by atoms with Crippen LogP contribution in [0.1, 0.15) is 31.2 Å². The monoisotopic (exact) mass is 446 g/mol. The van der Waals surface area contributed by atoms with E-state index in [-0.39, 0.29) is 17.2 Å². The van der Waals surface area contributed by atoms with Crippen LogP contribution in [-0.2, 0) is 21.2 Å². The first-order chi connectivity index (χ1) is 14.9. The second kappa shape index (κ2) is 10.6. The minimum atomic E-state index is -3.96. The van der Waals surface area contributed by atoms with E-state index in [1.54, 1.807) is 4.90 Å². The van der Waals surface area contributed by atoms with Crippen LogP contribution in [0.5, 0.6) is 11.5 Å². The van der Waals surface area contributed by atoms with Gasteiger partial charge >= 0.3 is 0 Å². The lowest BCUT2D eigenvalue weighted by atomic mass is 10.1. The van der Waals surface area contributed by atoms with Crippen molar-refractivity contribution in [3.05, 3.63) is 54.1 Å². The Morgan fingerprint density at radius 1 is 0.968 bits per heavy atom. The van der Waals surface area contributed by atoms with Gasteiger partial charge in [-0.15, -0.1) is 0 Å². The highest BCUT2D eigenvalue weighted by atomic mass is 32.2. The van der Waals surface area contributed by atoms with Crippen LogP contribution < -0.4 is 14.2 Å². The van der Waals surface area contributed by atoms with E-state index in [2.05, 4.69) is 4.72 Å². The Morgan fingerprint density at radius 3 is 2.23 bits per heavy atom. The Balaban J connectivity index is 1.88. The van der Waals surface area contributed by atoms with Crippen molar-refractivity contribution in [1.82, 2.24) is 9.62 Å². The zero-order valence-electron chi connectivity index (χ0n) is 18.0. The minimum Gasteiger partial charge on any atom is -0.493 e. The molecule has 0 bridgehead atoms. The molecule has 3 rings (SSSR count). The summed E-state index contributed by atoms with van der Waals surface area (Å²) in [7, 11) is -1.03. The lowest BCUT2D eigenvalue weighted by Gasteiger charge is -2.27. The molecule has 0 radical (unpaired) electrons. The fourth-order valence-electron chi connectivity index (χ4n) is 3.78. The van der Waals surface area contributed by atoms with Gasteiger partial charge in [0.05, 0.1) is 19.1 Å². The summed E-state index contributed by atoms with van der Waals surface area (Å²) in [4.78, 5) is 15.2. The summed E-state index contributed by atoms with van der Waals surface area (Å²) in [6.45, 7) is 1.31. The first kappa shape index (κ1) is 23.1. The number of methoxy groups -OCH3 is 2. The maximum absolute atomic E-state index is 13.3. The van der Waals surface area contributed by atoms with Crippen molar-refractivity contribution >= 4 is 15.9 Å². The second-order valence-electron chi connectivity index (χ2n) is 7.62. The van der Waals surface area contributed by atoms with E-state index < -0.39 is 16.1 Å². The SMILES string of the molecule is COc1ccc(S(=O)(=O)N[C@@H](Cc2ccccc2)C(=O)N2CCCCCC2)cc1OC. The first-order valence-electron chi connectivity index (χ1n) is 10.5. The van der Waals surface area contributed by atoms with Crippen molar-refractivity contribution in [1.29, 1.82) is 0 Å². The van der Waals surface area contributed by atoms with E-state index in [1.807, 2.05) is 30.3 Å². The highest BCUT2D eigenvalue weighted by Crippen LogP contribution is 2.29. The predicted molar refractivity (Wildman–Crippen MR) is 119 cm³/mol. The molecule has 1 amide bonds. The summed E-state index contributed by atoms with van der Waals surface area (Å²) in [6.07, 6.45) is 4.33. The molecule has 1 aliphatic rings. The van der Waals surface area contributed by atoms with Crippen LogP contribution in [0.15, 0.2) is 53.4 Å². The number of hydrogen-bond donors (Lipinski definition) is 1. The average Bonchev–Trinajstić information content (AvgIpc) is 3.08. The van der Waals surface area contributed by atoms with Gasteiger partial charge in [0.25, 0.3) is 0 Å². The Bertz CT molecular complexity index is 971. The van der Waals surface area contributed by atoms with Gasteiger partial charge in [-0.25, -0.2) is 8.42 Å². The number of ether oxygens (including phenoxy) is 2. The van der Waals surface area contributed by atoms with Gasteiger partial charge in [-0.3, -0.25) is 4.79 Å². The van der Waals surface area contributed by atoms with Crippen molar-refractivity contribution in [3.8, 4) is 11.5 Å². The molecule has 0 aromatic heterocycles. The van der Waals surface area contributed by atoms with E-state index in [0.717, 1.165) is 31.2 Å². The molecule has 31 heavy (non-hydrogen) atoms. The van der Waals surface area contributed by atoms with Crippen LogP contribution in [0.25, 0.3) is 0 Å². The molecule has 1 heterocycles. The van der Waals surface area contributed by atoms with Crippen molar-refractivity contribution < 1.29 is 22.7 Å². The number of nitrogens with zero attached hydrogens (tertiary/aromatic N) is 1. The molecule has 0 saturated carbocycles. The van der Waals surface area contributed by atoms with Crippen molar-refractivity contribution in [2.45, 2.75) is 43.0 Å². The van der Waals surface area contributed by atoms with Crippen molar-refractivity contribution in [3.63, 3.8) is 0 Å². The van der Waals surface area contributed by atoms with Gasteiger partial charge in [-0.1, -0.05) is 43.2 Å². The Kier molecular flexibility index (Phi) is 7.92. The third-order valence-electron chi connectivity index (χ3n) is 5.46. The normalized spacial score (nSPS) is 15.7. The largest absolute Gasteiger partial charge is 0.493 e. The van der Waals surface area contributed by atoms with Crippen LogP contribution in [0, 0.1) is 0 Å². The second-order valence-corrected chi connectivity index (χ2v) is 9.33. The number of nitrogens with one attached hydrogen (secondary N) is 1. The maximum Gasteiger partial charge on any atom is 0.241 e. The molecule has 8 heteroatoms. The van der Waals surface area contributed by atoms with Gasteiger partial charge in [0.2, 0.25) is 15.9 Å². The zero-order chi connectivity index (χ0) is 22.3. The van der Waals surface area contributed by atoms with Gasteiger partial charge in [-0.2, -0.15) is 4.72 Å². The topological polar surface area (TPSA) is 84.9 Å². The Labute approximate surface area is 184 Å². The number of carbonyl (C=O) groups is 1. The van der Waals surface area contributed by atoms with E-state index in [0.29, 0.717) is 24.6 Å². The number of amides is 1. The summed E-state index contributed by atoms with van der Waals surface area (Å²) in [6, 6.07) is 12.9. The van der Waals surface area contributed by atoms with Gasteiger partial charge in [0.1, 0.15) is 6.04 Å². The smallest absolute Gasteiger partial charge is 0.241 e. The van der Waals surface area contributed by atoms with Gasteiger partial charge in [0, 0.05) is 19.2 Å². The molecule has 7 nitrogen and oxygen atoms in total. The molecule has 1 atom stereocenters. The van der Waals surface area contributed by atoms with Crippen LogP contribution >= 0.6 is 0 Å². The van der Waals surface area contributed by atoms with Crippen molar-refractivity contribution in [2.24, 2.45) is 0 Å². The summed E-state index contributed by atoms with van der Waals surface area (Å²) in [5.74, 6) is 0.557. The molecule has 1 aliphatic heterocycles. The zero-order valence-corrected chi connectivity index (χ0v) is 18.9. The Hall–Kier alpha value is -2.58. The summed E-state index contributed by atoms with van der Waals surface area (Å²) >= 11 is 0. The van der Waals surface area contributed by atoms with Crippen LogP contribution in [0.3, 0.4) is 0 Å². The fourth-order valence-corrected chi connectivity index (χ4v) is 4.98. The number of likely N-dealkylation sites (tertiary alicyclic amines) is 1. The molecular formula is C23H30N2O5S. The standard InChI is InChI=1S/C23H30N2O5S/c1-29-21-13-12-19(17-22(21)30-2)31(27,28)24-20(16-18-10-6-5-7-11-18)23(26)25-14-8-3-4-9-15-25/h5-7,10-13,17,20,24H,3-4,8-9,14-16H2,1-2H3/t20-/m0/s1. The summed E-state index contributed by atoms with van der Waals surface area (Å²) < 4.78 is 39.4. The van der Waals surface area contributed by atoms with E-state index in [4.69, 9.17) is 9.47 Å². The van der Waals surface area contributed by atoms with Gasteiger partial charge in [0.15, 0.2) is 11.5 Å². The maximum atomic E-state index is 13.3. The first-order valence-corrected chi connectivity index (χ1v) is 12.0. The number of benzene rings is 2. The lowest BCUT2D eigenvalue weighted by molar-refractivity contribution is -0.132. The number of sulfonamides is 1. The summed E-state index contributed by atoms with van der Waals surface area (Å²) in [5.41, 5.74) is 0.894. The Morgan fingerprint density at radius 2 is 1.61 bits per heavy atom. The highest BCUT2D eigenvalue weighted by molar-refractivity contribution is 7.89. The third-order valence-corrected chi connectivity index (χ3v) is 6.93. The lowest BCUT2D eigenvalue weighted by Crippen LogP contribution is -2.49. The molecule has 168 valence electrons. The highest BCUT2D eigenvalue weighted by Gasteiger charge is 2.30. The molecule has 1 fully saturated rings. The number of rotatable bonds is 8. The van der Waals surface area contributed by atoms with Crippen LogP contribution in [0.4, 0.5) is 0 Å². The van der Waals surface area contributed by atoms with Crippen LogP contribution in [-0.4, -0.2) is 52.6 Å². The fraction of sp³-hybridized carbons (Fsp3) is 0.435. The quantitative estimate of drug-likeness (QED) is 0.674. The summed E-state index contributed by atoms with van der Waals surface area (Å²) in [5, 5.41) is 0. The average molecular weight is 447 g/mol. The van der Waals surface area contributed by atoms with Crippen molar-refractivity contribution in [2.75, 3.05) is 27.3 Å². The number of hydrogen-bond acceptors (Lipinski definition) is 5. The van der Waals surface area contributed by atoms with Gasteiger partial charge in [-0.05, 0) is 37.0 Å². The molecule has 0 aliphatic carbocycles. The van der Waals surface area contributed by atoms with Gasteiger partial charge < -0.3 is 14.4 Å². The predicted octanol–water partition coefficient (Wildman–Crippen LogP) is 3.00. The minimum absolute atomic E-state index is 0.0203. The molecule has 2 aromatic rings. The van der Waals surface area contributed by atoms with E-state index in [1.165, 1.54) is 32.4 Å². The molecule has 2 aromatic carbocycles. The molecule has 1 saturated heterocycles. The molecule has 0 spiro atoms. The molecule has 0 unspecified atom stereocenters. The third kappa shape index (κ3) is 5.98. The van der Waals surface area contributed by atoms with Crippen LogP contribution in [0.2, 0.25) is 0 Å². The van der Waals surface area contributed by atoms with E-state index in [9.17, 15) is 13.2 Å². The van der Waals surface area contributed by atoms with E-state index >= 15 is 0 Å². The molecule has 1 N–H and O–H groups in total. The molecular weight excluding hydrogens is 416 g/mol.